The Hall–Kier alpha value is -3.90. The van der Waals surface area contributed by atoms with Crippen LogP contribution in [0.2, 0.25) is 0 Å². The summed E-state index contributed by atoms with van der Waals surface area (Å²) >= 11 is 1.38. The second kappa shape index (κ2) is 11.5. The predicted molar refractivity (Wildman–Crippen MR) is 134 cm³/mol. The number of hydrogen-bond donors (Lipinski definition) is 2. The molecule has 3 aromatic rings. The number of thiophene rings is 1. The zero-order chi connectivity index (χ0) is 24.6. The van der Waals surface area contributed by atoms with E-state index in [1.54, 1.807) is 18.2 Å². The predicted octanol–water partition coefficient (Wildman–Crippen LogP) is 3.91. The Bertz CT molecular complexity index is 1240. The molecule has 0 saturated carbocycles. The number of ether oxygens (including phenoxy) is 1. The molecule has 2 aromatic heterocycles. The van der Waals surface area contributed by atoms with Crippen molar-refractivity contribution in [3.05, 3.63) is 75.9 Å². The first-order valence-corrected chi connectivity index (χ1v) is 12.3. The Morgan fingerprint density at radius 1 is 1.23 bits per heavy atom. The highest BCUT2D eigenvalue weighted by Crippen LogP contribution is 2.36. The lowest BCUT2D eigenvalue weighted by Gasteiger charge is -2.27. The summed E-state index contributed by atoms with van der Waals surface area (Å²) in [4.78, 5) is 32.2. The molecule has 180 valence electrons. The van der Waals surface area contributed by atoms with Crippen LogP contribution in [0.25, 0.3) is 0 Å². The molecule has 2 N–H and O–H groups in total. The molecule has 0 unspecified atom stereocenters. The summed E-state index contributed by atoms with van der Waals surface area (Å²) in [5, 5.41) is 16.2. The molecule has 8 nitrogen and oxygen atoms in total. The van der Waals surface area contributed by atoms with Gasteiger partial charge in [-0.25, -0.2) is 4.79 Å². The van der Waals surface area contributed by atoms with Crippen LogP contribution < -0.4 is 15.4 Å². The molecule has 3 heterocycles. The van der Waals surface area contributed by atoms with E-state index in [4.69, 9.17) is 4.74 Å². The number of rotatable bonds is 8. The van der Waals surface area contributed by atoms with E-state index >= 15 is 0 Å². The van der Waals surface area contributed by atoms with Crippen LogP contribution in [0.4, 0.5) is 9.80 Å². The smallest absolute Gasteiger partial charge is 0.317 e. The topological polar surface area (TPSA) is 107 Å². The van der Waals surface area contributed by atoms with Crippen LogP contribution in [0, 0.1) is 11.3 Å². The Morgan fingerprint density at radius 2 is 2.11 bits per heavy atom. The van der Waals surface area contributed by atoms with Crippen molar-refractivity contribution >= 4 is 28.3 Å². The normalized spacial score (nSPS) is 12.4. The number of anilines is 1. The largest absolute Gasteiger partial charge is 0.497 e. The van der Waals surface area contributed by atoms with Crippen LogP contribution in [0.5, 0.6) is 5.75 Å². The fourth-order valence-corrected chi connectivity index (χ4v) is 5.24. The van der Waals surface area contributed by atoms with Crippen molar-refractivity contribution in [3.8, 4) is 11.8 Å². The number of aromatic nitrogens is 1. The van der Waals surface area contributed by atoms with Crippen molar-refractivity contribution in [2.24, 2.45) is 0 Å². The van der Waals surface area contributed by atoms with Gasteiger partial charge in [-0.3, -0.25) is 9.78 Å². The summed E-state index contributed by atoms with van der Waals surface area (Å²) in [7, 11) is 1.61. The average Bonchev–Trinajstić information content (AvgIpc) is 3.24. The molecular weight excluding hydrogens is 462 g/mol. The molecule has 1 aliphatic heterocycles. The van der Waals surface area contributed by atoms with Crippen molar-refractivity contribution in [2.75, 3.05) is 25.5 Å². The van der Waals surface area contributed by atoms with Gasteiger partial charge in [0.1, 0.15) is 16.8 Å². The Labute approximate surface area is 208 Å². The van der Waals surface area contributed by atoms with Gasteiger partial charge in [0, 0.05) is 42.7 Å². The fraction of sp³-hybridized carbons (Fsp3) is 0.308. The number of nitrogens with zero attached hydrogens (tertiary/aromatic N) is 3. The minimum absolute atomic E-state index is 0.137. The Balaban J connectivity index is 1.33. The highest BCUT2D eigenvalue weighted by Gasteiger charge is 2.27. The number of nitriles is 1. The fourth-order valence-electron chi connectivity index (χ4n) is 4.01. The van der Waals surface area contributed by atoms with E-state index in [-0.39, 0.29) is 11.9 Å². The van der Waals surface area contributed by atoms with Crippen LogP contribution in [0.1, 0.15) is 33.7 Å². The number of pyridine rings is 1. The van der Waals surface area contributed by atoms with E-state index in [2.05, 4.69) is 21.7 Å². The van der Waals surface area contributed by atoms with E-state index in [1.165, 1.54) is 11.3 Å². The third-order valence-corrected chi connectivity index (χ3v) is 7.00. The number of aryl methyl sites for hydroxylation is 1. The molecule has 0 atom stereocenters. The number of fused-ring (bicyclic) bond motifs is 1. The summed E-state index contributed by atoms with van der Waals surface area (Å²) in [6, 6.07) is 15.5. The zero-order valence-electron chi connectivity index (χ0n) is 19.5. The van der Waals surface area contributed by atoms with E-state index in [1.807, 2.05) is 42.5 Å². The molecule has 0 radical (unpaired) electrons. The van der Waals surface area contributed by atoms with Crippen LogP contribution in [-0.2, 0) is 30.6 Å². The maximum absolute atomic E-state index is 12.7. The van der Waals surface area contributed by atoms with Gasteiger partial charge >= 0.3 is 6.03 Å². The summed E-state index contributed by atoms with van der Waals surface area (Å²) < 4.78 is 5.23. The lowest BCUT2D eigenvalue weighted by atomic mass is 10.0. The van der Waals surface area contributed by atoms with Gasteiger partial charge in [0.05, 0.1) is 19.2 Å². The number of hydrogen-bond acceptors (Lipinski definition) is 6. The number of nitrogens with one attached hydrogen (secondary N) is 2. The third-order valence-electron chi connectivity index (χ3n) is 5.87. The Morgan fingerprint density at radius 3 is 2.89 bits per heavy atom. The van der Waals surface area contributed by atoms with Crippen LogP contribution in [0.15, 0.2) is 48.7 Å². The molecule has 0 spiro atoms. The number of urea groups is 1. The van der Waals surface area contributed by atoms with Crippen LogP contribution >= 0.6 is 11.3 Å². The minimum atomic E-state index is -0.146. The number of carbonyl (C=O) groups is 2. The highest BCUT2D eigenvalue weighted by molar-refractivity contribution is 7.16. The summed E-state index contributed by atoms with van der Waals surface area (Å²) in [6.07, 6.45) is 3.85. The molecule has 1 aliphatic rings. The van der Waals surface area contributed by atoms with Gasteiger partial charge in [-0.2, -0.15) is 5.26 Å². The summed E-state index contributed by atoms with van der Waals surface area (Å²) in [5.74, 6) is 0.609. The lowest BCUT2D eigenvalue weighted by molar-refractivity contribution is -0.116. The number of benzene rings is 1. The standard InChI is InChI=1S/C26H27N5O3S/c1-34-20-7-4-5-18(15-20)8-9-24(32)30-25-22(16-27)21-11-14-31(17-23(21)35-25)26(33)29-13-10-19-6-2-3-12-28-19/h2-7,12,15H,8-11,13-14,17H2,1H3,(H,29,33)(H,30,32). The van der Waals surface area contributed by atoms with Crippen molar-refractivity contribution in [2.45, 2.75) is 32.2 Å². The van der Waals surface area contributed by atoms with Gasteiger partial charge in [-0.15, -0.1) is 11.3 Å². The number of carbonyl (C=O) groups excluding carboxylic acids is 2. The highest BCUT2D eigenvalue weighted by atomic mass is 32.1. The van der Waals surface area contributed by atoms with Gasteiger partial charge < -0.3 is 20.3 Å². The molecular formula is C26H27N5O3S. The zero-order valence-corrected chi connectivity index (χ0v) is 20.4. The monoisotopic (exact) mass is 489 g/mol. The van der Waals surface area contributed by atoms with Crippen molar-refractivity contribution in [3.63, 3.8) is 0 Å². The maximum Gasteiger partial charge on any atom is 0.317 e. The molecule has 9 heteroatoms. The molecule has 0 bridgehead atoms. The average molecular weight is 490 g/mol. The van der Waals surface area contributed by atoms with Gasteiger partial charge in [0.25, 0.3) is 0 Å². The first-order valence-electron chi connectivity index (χ1n) is 11.5. The summed E-state index contributed by atoms with van der Waals surface area (Å²) in [6.45, 7) is 1.45. The van der Waals surface area contributed by atoms with E-state index in [0.717, 1.165) is 27.4 Å². The van der Waals surface area contributed by atoms with Gasteiger partial charge in [0.2, 0.25) is 5.91 Å². The third kappa shape index (κ3) is 6.16. The minimum Gasteiger partial charge on any atom is -0.497 e. The van der Waals surface area contributed by atoms with Gasteiger partial charge in [-0.05, 0) is 48.2 Å². The molecule has 1 aromatic carbocycles. The number of amides is 3. The quantitative estimate of drug-likeness (QED) is 0.499. The maximum atomic E-state index is 12.7. The van der Waals surface area contributed by atoms with Crippen LogP contribution in [-0.4, -0.2) is 42.0 Å². The van der Waals surface area contributed by atoms with Crippen LogP contribution in [0.3, 0.4) is 0 Å². The second-order valence-electron chi connectivity index (χ2n) is 8.19. The lowest BCUT2D eigenvalue weighted by Crippen LogP contribution is -2.43. The van der Waals surface area contributed by atoms with E-state index in [9.17, 15) is 14.9 Å². The molecule has 0 saturated heterocycles. The number of methoxy groups -OCH3 is 1. The first kappa shape index (κ1) is 24.2. The second-order valence-corrected chi connectivity index (χ2v) is 9.30. The molecule has 3 amide bonds. The molecule has 4 rings (SSSR count). The molecule has 0 aliphatic carbocycles. The molecule has 0 fully saturated rings. The first-order chi connectivity index (χ1) is 17.1. The van der Waals surface area contributed by atoms with Crippen molar-refractivity contribution < 1.29 is 14.3 Å². The summed E-state index contributed by atoms with van der Waals surface area (Å²) in [5.41, 5.74) is 3.38. The molecule has 35 heavy (non-hydrogen) atoms. The van der Waals surface area contributed by atoms with E-state index < -0.39 is 0 Å². The van der Waals surface area contributed by atoms with Crippen molar-refractivity contribution in [1.29, 1.82) is 5.26 Å². The van der Waals surface area contributed by atoms with E-state index in [0.29, 0.717) is 55.9 Å². The van der Waals surface area contributed by atoms with Gasteiger partial charge in [-0.1, -0.05) is 18.2 Å². The Kier molecular flexibility index (Phi) is 7.95. The van der Waals surface area contributed by atoms with Crippen molar-refractivity contribution in [1.82, 2.24) is 15.2 Å². The SMILES string of the molecule is COc1cccc(CCC(=O)Nc2sc3c(c2C#N)CCN(C(=O)NCCc2ccccn2)C3)c1. The van der Waals surface area contributed by atoms with Gasteiger partial charge in [0.15, 0.2) is 0 Å².